The predicted molar refractivity (Wildman–Crippen MR) is 264 cm³/mol. The molecule has 0 N–H and O–H groups in total. The van der Waals surface area contributed by atoms with Crippen molar-refractivity contribution in [1.29, 1.82) is 0 Å². The fourth-order valence-corrected chi connectivity index (χ4v) is 11.7. The Balaban J connectivity index is 0.998. The number of rotatable bonds is 6. The summed E-state index contributed by atoms with van der Waals surface area (Å²) in [5, 5.41) is 3.88. The van der Waals surface area contributed by atoms with Gasteiger partial charge in [0, 0.05) is 39.0 Å². The van der Waals surface area contributed by atoms with E-state index in [0.717, 1.165) is 18.5 Å². The molecule has 0 spiro atoms. The van der Waals surface area contributed by atoms with Crippen molar-refractivity contribution in [3.63, 3.8) is 0 Å². The molecule has 3 aliphatic rings. The van der Waals surface area contributed by atoms with Crippen molar-refractivity contribution in [2.24, 2.45) is 5.92 Å². The van der Waals surface area contributed by atoms with Crippen LogP contribution in [0.25, 0.3) is 77.9 Å². The molecule has 2 atom stereocenters. The molecule has 0 fully saturated rings. The second-order valence-corrected chi connectivity index (χ2v) is 17.5. The lowest BCUT2D eigenvalue weighted by atomic mass is 9.61. The minimum atomic E-state index is -0.403. The Hall–Kier alpha value is -7.68. The molecule has 0 saturated heterocycles. The molecule has 0 radical (unpaired) electrons. The fourth-order valence-electron chi connectivity index (χ4n) is 11.7. The van der Waals surface area contributed by atoms with Crippen molar-refractivity contribution >= 4 is 38.8 Å². The zero-order chi connectivity index (χ0) is 41.5. The van der Waals surface area contributed by atoms with Gasteiger partial charge in [-0.1, -0.05) is 188 Å². The zero-order valence-electron chi connectivity index (χ0n) is 34.9. The number of hydrogen-bond donors (Lipinski definition) is 0. The summed E-state index contributed by atoms with van der Waals surface area (Å²) in [7, 11) is 0. The van der Waals surface area contributed by atoms with Gasteiger partial charge in [0.25, 0.3) is 0 Å². The Morgan fingerprint density at radius 1 is 0.460 bits per heavy atom. The molecule has 3 aliphatic carbocycles. The normalized spacial score (nSPS) is 17.0. The van der Waals surface area contributed by atoms with Crippen molar-refractivity contribution in [3.8, 4) is 39.1 Å². The summed E-state index contributed by atoms with van der Waals surface area (Å²) in [5.41, 5.74) is 18.9. The summed E-state index contributed by atoms with van der Waals surface area (Å²) in [6.07, 6.45) is 16.4. The highest BCUT2D eigenvalue weighted by Crippen LogP contribution is 2.60. The standard InChI is InChI=1S/C61H44N2/c1-3-18-41(19-4-1)42-20-17-23-46(38-42)62-56-31-14-10-27-50(56)52-39-43(35-37-58(52)62)44-34-36-51-49-26-9-15-32-57(49)63(60(51)40-44)59-33-16-13-30-55(59)61(45-21-5-2-6-22-45)53-28-11-7-24-47(53)48-25-8-12-29-54(48)61/h1-8,10-25,27-40,55,59H,9,26H2. The molecule has 8 aromatic carbocycles. The van der Waals surface area contributed by atoms with E-state index < -0.39 is 5.41 Å². The Kier molecular flexibility index (Phi) is 8.11. The molecule has 2 nitrogen and oxygen atoms in total. The quantitative estimate of drug-likeness (QED) is 0.158. The molecule has 298 valence electrons. The molecule has 0 aliphatic heterocycles. The van der Waals surface area contributed by atoms with E-state index in [0.29, 0.717) is 0 Å². The number of hydrogen-bond acceptors (Lipinski definition) is 0. The number of aromatic nitrogens is 2. The number of nitrogens with zero attached hydrogens (tertiary/aromatic N) is 2. The molecule has 0 saturated carbocycles. The van der Waals surface area contributed by atoms with Gasteiger partial charge in [0.05, 0.1) is 22.5 Å². The second-order valence-electron chi connectivity index (χ2n) is 17.5. The Morgan fingerprint density at radius 3 is 1.94 bits per heavy atom. The van der Waals surface area contributed by atoms with Crippen molar-refractivity contribution in [2.75, 3.05) is 0 Å². The van der Waals surface area contributed by atoms with Crippen LogP contribution in [0.5, 0.6) is 0 Å². The number of benzene rings is 8. The van der Waals surface area contributed by atoms with Gasteiger partial charge in [-0.2, -0.15) is 0 Å². The van der Waals surface area contributed by atoms with E-state index in [1.165, 1.54) is 94.0 Å². The van der Waals surface area contributed by atoms with E-state index in [4.69, 9.17) is 0 Å². The third-order valence-electron chi connectivity index (χ3n) is 14.3. The molecule has 0 bridgehead atoms. The van der Waals surface area contributed by atoms with Gasteiger partial charge in [-0.25, -0.2) is 0 Å². The fraction of sp³-hybridized carbons (Fsp3) is 0.0820. The summed E-state index contributed by atoms with van der Waals surface area (Å²) in [6.45, 7) is 0. The maximum atomic E-state index is 2.70. The Bertz CT molecular complexity index is 3470. The average Bonchev–Trinajstić information content (AvgIpc) is 3.98. The lowest BCUT2D eigenvalue weighted by Crippen LogP contribution is -2.40. The van der Waals surface area contributed by atoms with Crippen LogP contribution in [0.4, 0.5) is 0 Å². The van der Waals surface area contributed by atoms with Gasteiger partial charge in [0.15, 0.2) is 0 Å². The number of aryl methyl sites for hydroxylation is 1. The topological polar surface area (TPSA) is 9.86 Å². The highest BCUT2D eigenvalue weighted by molar-refractivity contribution is 6.10. The average molecular weight is 805 g/mol. The molecule has 2 aromatic heterocycles. The van der Waals surface area contributed by atoms with Crippen LogP contribution in [0.2, 0.25) is 0 Å². The summed E-state index contributed by atoms with van der Waals surface area (Å²) >= 11 is 0. The van der Waals surface area contributed by atoms with E-state index in [1.807, 2.05) is 0 Å². The van der Waals surface area contributed by atoms with E-state index in [-0.39, 0.29) is 12.0 Å². The summed E-state index contributed by atoms with van der Waals surface area (Å²) < 4.78 is 5.13. The van der Waals surface area contributed by atoms with Gasteiger partial charge < -0.3 is 9.13 Å². The van der Waals surface area contributed by atoms with Gasteiger partial charge in [-0.05, 0) is 111 Å². The van der Waals surface area contributed by atoms with Crippen LogP contribution in [0.3, 0.4) is 0 Å². The number of para-hydroxylation sites is 1. The van der Waals surface area contributed by atoms with Gasteiger partial charge in [0.1, 0.15) is 0 Å². The van der Waals surface area contributed by atoms with Gasteiger partial charge in [0.2, 0.25) is 0 Å². The largest absolute Gasteiger partial charge is 0.333 e. The van der Waals surface area contributed by atoms with Crippen LogP contribution in [0, 0.1) is 5.92 Å². The summed E-state index contributed by atoms with van der Waals surface area (Å²) in [4.78, 5) is 0. The van der Waals surface area contributed by atoms with Crippen LogP contribution >= 0.6 is 0 Å². The van der Waals surface area contributed by atoms with Crippen LogP contribution in [0.15, 0.2) is 225 Å². The molecule has 13 rings (SSSR count). The van der Waals surface area contributed by atoms with Crippen LogP contribution in [-0.2, 0) is 11.8 Å². The maximum absolute atomic E-state index is 2.70. The van der Waals surface area contributed by atoms with Crippen molar-refractivity contribution < 1.29 is 0 Å². The molecule has 2 heteroatoms. The SMILES string of the molecule is C1=CC(n2c3c(c4ccc(-c5ccc6c(c5)c5ccccc5n6-c5cccc(-c6ccccc6)c5)cc42)CCC=C3)C(C2(c3ccccc3)c3ccccc3-c3ccccc32)C=C1. The smallest absolute Gasteiger partial charge is 0.0603 e. The van der Waals surface area contributed by atoms with E-state index in [2.05, 4.69) is 240 Å². The first-order valence-electron chi connectivity index (χ1n) is 22.4. The van der Waals surface area contributed by atoms with E-state index in [9.17, 15) is 0 Å². The number of fused-ring (bicyclic) bond motifs is 9. The molecule has 63 heavy (non-hydrogen) atoms. The third-order valence-corrected chi connectivity index (χ3v) is 14.3. The highest BCUT2D eigenvalue weighted by atomic mass is 15.0. The van der Waals surface area contributed by atoms with Gasteiger partial charge in [-0.3, -0.25) is 0 Å². The molecule has 2 heterocycles. The summed E-state index contributed by atoms with van der Waals surface area (Å²) in [5.74, 6) is 0.0938. The zero-order valence-corrected chi connectivity index (χ0v) is 34.9. The van der Waals surface area contributed by atoms with Crippen molar-refractivity contribution in [3.05, 3.63) is 252 Å². The Morgan fingerprint density at radius 2 is 1.11 bits per heavy atom. The lowest BCUT2D eigenvalue weighted by Gasteiger charge is -2.44. The van der Waals surface area contributed by atoms with E-state index in [1.54, 1.807) is 0 Å². The lowest BCUT2D eigenvalue weighted by molar-refractivity contribution is 0.355. The maximum Gasteiger partial charge on any atom is 0.0603 e. The minimum absolute atomic E-state index is 0.0470. The molecular weight excluding hydrogens is 761 g/mol. The van der Waals surface area contributed by atoms with Gasteiger partial charge >= 0.3 is 0 Å². The second kappa shape index (κ2) is 14.2. The monoisotopic (exact) mass is 804 g/mol. The molecule has 10 aromatic rings. The van der Waals surface area contributed by atoms with Crippen LogP contribution in [-0.4, -0.2) is 9.13 Å². The van der Waals surface area contributed by atoms with Gasteiger partial charge in [-0.15, -0.1) is 0 Å². The minimum Gasteiger partial charge on any atom is -0.333 e. The molecule has 2 unspecified atom stereocenters. The number of allylic oxidation sites excluding steroid dienone is 5. The van der Waals surface area contributed by atoms with Crippen molar-refractivity contribution in [1.82, 2.24) is 9.13 Å². The van der Waals surface area contributed by atoms with Crippen LogP contribution < -0.4 is 0 Å². The molecular formula is C61H44N2. The van der Waals surface area contributed by atoms with Crippen molar-refractivity contribution in [2.45, 2.75) is 24.3 Å². The van der Waals surface area contributed by atoms with Crippen LogP contribution in [0.1, 0.15) is 40.4 Å². The third kappa shape index (κ3) is 5.31. The van der Waals surface area contributed by atoms with E-state index >= 15 is 0 Å². The first-order chi connectivity index (χ1) is 31.3. The first kappa shape index (κ1) is 36.0. The first-order valence-corrected chi connectivity index (χ1v) is 22.4. The molecule has 0 amide bonds. The summed E-state index contributed by atoms with van der Waals surface area (Å²) in [6, 6.07) is 72.5. The predicted octanol–water partition coefficient (Wildman–Crippen LogP) is 15.3. The highest BCUT2D eigenvalue weighted by Gasteiger charge is 2.52. The Labute approximate surface area is 368 Å².